The Kier molecular flexibility index (Phi) is 9.26. The van der Waals surface area contributed by atoms with E-state index in [1.54, 1.807) is 14.0 Å². The number of amides is 1. The first-order valence-electron chi connectivity index (χ1n) is 10.3. The normalized spacial score (nSPS) is 15.2. The van der Waals surface area contributed by atoms with Gasteiger partial charge < -0.3 is 14.4 Å². The largest absolute Gasteiger partial charge is 0.465 e. The maximum atomic E-state index is 13.0. The summed E-state index contributed by atoms with van der Waals surface area (Å²) in [5.74, 6) is -0.889. The predicted molar refractivity (Wildman–Crippen MR) is 113 cm³/mol. The van der Waals surface area contributed by atoms with E-state index in [4.69, 9.17) is 9.47 Å². The summed E-state index contributed by atoms with van der Waals surface area (Å²) in [5.41, 5.74) is 0.301. The van der Waals surface area contributed by atoms with E-state index in [1.165, 1.54) is 40.6 Å². The number of rotatable bonds is 10. The molecule has 0 atom stereocenters. The third-order valence-corrected chi connectivity index (χ3v) is 7.27. The number of hydrogen-bond donors (Lipinski definition) is 0. The second kappa shape index (κ2) is 11.4. The molecule has 1 aromatic rings. The highest BCUT2D eigenvalue weighted by molar-refractivity contribution is 7.89. The molecule has 0 bridgehead atoms. The van der Waals surface area contributed by atoms with Gasteiger partial charge in [-0.1, -0.05) is 19.3 Å². The van der Waals surface area contributed by atoms with Gasteiger partial charge in [-0.3, -0.25) is 9.59 Å². The van der Waals surface area contributed by atoms with Crippen molar-refractivity contribution in [3.8, 4) is 0 Å². The van der Waals surface area contributed by atoms with Gasteiger partial charge in [-0.15, -0.1) is 0 Å². The molecule has 168 valence electrons. The first-order valence-corrected chi connectivity index (χ1v) is 11.8. The van der Waals surface area contributed by atoms with Crippen molar-refractivity contribution in [1.82, 2.24) is 9.21 Å². The van der Waals surface area contributed by atoms with Crippen molar-refractivity contribution >= 4 is 21.9 Å². The molecule has 0 unspecified atom stereocenters. The van der Waals surface area contributed by atoms with Crippen molar-refractivity contribution in [2.45, 2.75) is 50.0 Å². The maximum Gasteiger partial charge on any atom is 0.325 e. The third kappa shape index (κ3) is 6.26. The number of hydrogen-bond acceptors (Lipinski definition) is 6. The van der Waals surface area contributed by atoms with Crippen molar-refractivity contribution in [2.24, 2.45) is 0 Å². The van der Waals surface area contributed by atoms with Crippen LogP contribution in [0.15, 0.2) is 29.2 Å². The van der Waals surface area contributed by atoms with Crippen LogP contribution in [0, 0.1) is 0 Å². The topological polar surface area (TPSA) is 93.2 Å². The molecular weight excluding hydrogens is 408 g/mol. The molecule has 1 aliphatic carbocycles. The predicted octanol–water partition coefficient (Wildman–Crippen LogP) is 2.29. The number of ether oxygens (including phenoxy) is 2. The number of esters is 1. The molecule has 1 saturated carbocycles. The van der Waals surface area contributed by atoms with Crippen LogP contribution in [0.25, 0.3) is 0 Å². The lowest BCUT2D eigenvalue weighted by molar-refractivity contribution is -0.143. The van der Waals surface area contributed by atoms with Crippen LogP contribution >= 0.6 is 0 Å². The van der Waals surface area contributed by atoms with Gasteiger partial charge in [-0.05, 0) is 44.0 Å². The van der Waals surface area contributed by atoms with E-state index in [1.807, 2.05) is 0 Å². The van der Waals surface area contributed by atoms with Crippen LogP contribution in [0.3, 0.4) is 0 Å². The van der Waals surface area contributed by atoms with Gasteiger partial charge in [0, 0.05) is 32.3 Å². The van der Waals surface area contributed by atoms with Crippen LogP contribution in [0.4, 0.5) is 0 Å². The van der Waals surface area contributed by atoms with Gasteiger partial charge in [-0.25, -0.2) is 8.42 Å². The molecule has 1 amide bonds. The highest BCUT2D eigenvalue weighted by Gasteiger charge is 2.29. The lowest BCUT2D eigenvalue weighted by Crippen LogP contribution is -2.39. The summed E-state index contributed by atoms with van der Waals surface area (Å²) in [6.45, 7) is 2.22. The number of carbonyl (C=O) groups excluding carboxylic acids is 2. The molecule has 1 aromatic carbocycles. The molecule has 0 radical (unpaired) electrons. The van der Waals surface area contributed by atoms with Gasteiger partial charge in [0.2, 0.25) is 10.0 Å². The van der Waals surface area contributed by atoms with Crippen molar-refractivity contribution in [3.63, 3.8) is 0 Å². The Bertz CT molecular complexity index is 803. The van der Waals surface area contributed by atoms with E-state index in [-0.39, 0.29) is 43.1 Å². The van der Waals surface area contributed by atoms with Crippen LogP contribution in [-0.2, 0) is 24.3 Å². The zero-order chi connectivity index (χ0) is 22.1. The Morgan fingerprint density at radius 3 is 2.30 bits per heavy atom. The summed E-state index contributed by atoms with van der Waals surface area (Å²) < 4.78 is 37.3. The third-order valence-electron chi connectivity index (χ3n) is 5.34. The van der Waals surface area contributed by atoms with Crippen molar-refractivity contribution in [1.29, 1.82) is 0 Å². The molecule has 2 rings (SSSR count). The van der Waals surface area contributed by atoms with Crippen molar-refractivity contribution < 1.29 is 27.5 Å². The lowest BCUT2D eigenvalue weighted by atomic mass is 9.96. The Balaban J connectivity index is 2.14. The van der Waals surface area contributed by atoms with Gasteiger partial charge in [0.15, 0.2) is 0 Å². The highest BCUT2D eigenvalue weighted by Crippen LogP contribution is 2.26. The van der Waals surface area contributed by atoms with Crippen LogP contribution < -0.4 is 0 Å². The molecular formula is C21H32N2O6S. The zero-order valence-corrected chi connectivity index (χ0v) is 18.8. The van der Waals surface area contributed by atoms with E-state index in [9.17, 15) is 18.0 Å². The van der Waals surface area contributed by atoms with Gasteiger partial charge in [0.25, 0.3) is 5.91 Å². The fourth-order valence-electron chi connectivity index (χ4n) is 3.58. The average Bonchev–Trinajstić information content (AvgIpc) is 2.76. The quantitative estimate of drug-likeness (QED) is 0.518. The number of sulfonamides is 1. The van der Waals surface area contributed by atoms with E-state index in [0.29, 0.717) is 5.56 Å². The second-order valence-electron chi connectivity index (χ2n) is 7.36. The van der Waals surface area contributed by atoms with Gasteiger partial charge in [0.1, 0.15) is 6.54 Å². The molecule has 0 aliphatic heterocycles. The zero-order valence-electron chi connectivity index (χ0n) is 18.0. The highest BCUT2D eigenvalue weighted by atomic mass is 32.2. The molecule has 0 spiro atoms. The molecule has 8 nitrogen and oxygen atoms in total. The molecule has 0 N–H and O–H groups in total. The minimum Gasteiger partial charge on any atom is -0.465 e. The van der Waals surface area contributed by atoms with Crippen molar-refractivity contribution in [2.75, 3.05) is 40.5 Å². The van der Waals surface area contributed by atoms with Crippen LogP contribution in [0.1, 0.15) is 49.4 Å². The van der Waals surface area contributed by atoms with Crippen molar-refractivity contribution in [3.05, 3.63) is 29.8 Å². The summed E-state index contributed by atoms with van der Waals surface area (Å²) in [6.07, 6.45) is 4.96. The minimum atomic E-state index is -3.63. The molecule has 1 aliphatic rings. The number of methoxy groups -OCH3 is 1. The summed E-state index contributed by atoms with van der Waals surface area (Å²) in [5, 5.41) is 0. The second-order valence-corrected chi connectivity index (χ2v) is 9.36. The first-order chi connectivity index (χ1) is 14.3. The fraction of sp³-hybridized carbons (Fsp3) is 0.619. The molecule has 0 saturated heterocycles. The molecule has 30 heavy (non-hydrogen) atoms. The molecule has 1 fully saturated rings. The Hall–Kier alpha value is -1.97. The smallest absolute Gasteiger partial charge is 0.325 e. The van der Waals surface area contributed by atoms with E-state index in [0.717, 1.165) is 32.1 Å². The van der Waals surface area contributed by atoms with E-state index in [2.05, 4.69) is 0 Å². The first kappa shape index (κ1) is 24.3. The average molecular weight is 441 g/mol. The number of benzene rings is 1. The maximum absolute atomic E-state index is 13.0. The lowest BCUT2D eigenvalue weighted by Gasteiger charge is -2.30. The van der Waals surface area contributed by atoms with Gasteiger partial charge >= 0.3 is 5.97 Å². The molecule has 0 aromatic heterocycles. The fourth-order valence-corrected chi connectivity index (χ4v) is 4.99. The molecule has 0 heterocycles. The van der Waals surface area contributed by atoms with E-state index < -0.39 is 16.0 Å². The summed E-state index contributed by atoms with van der Waals surface area (Å²) in [7, 11) is -0.497. The van der Waals surface area contributed by atoms with Gasteiger partial charge in [0.05, 0.1) is 18.1 Å². The van der Waals surface area contributed by atoms with Crippen LogP contribution in [-0.4, -0.2) is 76.0 Å². The van der Waals surface area contributed by atoms with Crippen LogP contribution in [0.5, 0.6) is 0 Å². The summed E-state index contributed by atoms with van der Waals surface area (Å²) >= 11 is 0. The SMILES string of the molecule is CCOC(=O)CN(CCOC)C(=O)c1ccc(S(=O)(=O)N(C)C2CCCCC2)cc1. The van der Waals surface area contributed by atoms with Gasteiger partial charge in [-0.2, -0.15) is 4.31 Å². The Morgan fingerprint density at radius 1 is 1.10 bits per heavy atom. The monoisotopic (exact) mass is 440 g/mol. The van der Waals surface area contributed by atoms with Crippen LogP contribution in [0.2, 0.25) is 0 Å². The summed E-state index contributed by atoms with van der Waals surface area (Å²) in [4.78, 5) is 26.1. The molecule has 9 heteroatoms. The Labute approximate surface area is 179 Å². The number of nitrogens with zero attached hydrogens (tertiary/aromatic N) is 2. The number of carbonyl (C=O) groups is 2. The minimum absolute atomic E-state index is 0.0131. The van der Waals surface area contributed by atoms with E-state index >= 15 is 0 Å². The standard InChI is InChI=1S/C21H32N2O6S/c1-4-29-20(24)16-23(14-15-28-3)21(25)17-10-12-19(13-11-17)30(26,27)22(2)18-8-6-5-7-9-18/h10-13,18H,4-9,14-16H2,1-3H3. The Morgan fingerprint density at radius 2 is 1.73 bits per heavy atom. The summed E-state index contributed by atoms with van der Waals surface area (Å²) in [6, 6.07) is 5.87.